The van der Waals surface area contributed by atoms with Crippen molar-refractivity contribution in [3.05, 3.63) is 36.1 Å². The summed E-state index contributed by atoms with van der Waals surface area (Å²) in [6, 6.07) is 9.08. The van der Waals surface area contributed by atoms with Gasteiger partial charge in [-0.2, -0.15) is 0 Å². The molecule has 0 N–H and O–H groups in total. The number of para-hydroxylation sites is 1. The topological polar surface area (TPSA) is 59.8 Å². The molecule has 2 rings (SSSR count). The fourth-order valence-electron chi connectivity index (χ4n) is 1.93. The molecule has 0 radical (unpaired) electrons. The van der Waals surface area contributed by atoms with E-state index in [-0.39, 0.29) is 18.2 Å². The van der Waals surface area contributed by atoms with Gasteiger partial charge in [-0.3, -0.25) is 9.59 Å². The number of ether oxygens (including phenoxy) is 1. The van der Waals surface area contributed by atoms with Gasteiger partial charge in [0.15, 0.2) is 5.76 Å². The van der Waals surface area contributed by atoms with Crippen molar-refractivity contribution in [2.45, 2.75) is 13.8 Å². The third-order valence-corrected chi connectivity index (χ3v) is 2.93. The predicted octanol–water partition coefficient (Wildman–Crippen LogP) is 2.46. The molecule has 0 saturated heterocycles. The zero-order valence-corrected chi connectivity index (χ0v) is 11.6. The normalized spacial score (nSPS) is 10.5. The number of hydrogen-bond donors (Lipinski definition) is 0. The van der Waals surface area contributed by atoms with Crippen molar-refractivity contribution in [1.82, 2.24) is 4.90 Å². The molecule has 0 unspecified atom stereocenters. The van der Waals surface area contributed by atoms with Crippen molar-refractivity contribution in [2.24, 2.45) is 0 Å². The molecule has 0 atom stereocenters. The summed E-state index contributed by atoms with van der Waals surface area (Å²) in [5, 5.41) is 0.864. The molecule has 106 valence electrons. The Balaban J connectivity index is 2.17. The molecule has 0 spiro atoms. The zero-order valence-electron chi connectivity index (χ0n) is 11.6. The Morgan fingerprint density at radius 3 is 2.65 bits per heavy atom. The molecular formula is C15H17NO4. The number of likely N-dealkylation sites (N-methyl/N-ethyl adjacent to an activating group) is 1. The van der Waals surface area contributed by atoms with Gasteiger partial charge in [0.05, 0.1) is 6.61 Å². The van der Waals surface area contributed by atoms with Crippen LogP contribution in [0.15, 0.2) is 34.7 Å². The van der Waals surface area contributed by atoms with Crippen molar-refractivity contribution < 1.29 is 18.7 Å². The van der Waals surface area contributed by atoms with Crippen molar-refractivity contribution in [3.8, 4) is 0 Å². The SMILES string of the molecule is CCOC(=O)CN(CC)C(=O)c1cc2ccccc2o1. The van der Waals surface area contributed by atoms with Gasteiger partial charge in [-0.1, -0.05) is 18.2 Å². The number of carbonyl (C=O) groups excluding carboxylic acids is 2. The number of nitrogens with zero attached hydrogens (tertiary/aromatic N) is 1. The lowest BCUT2D eigenvalue weighted by Gasteiger charge is -2.18. The van der Waals surface area contributed by atoms with Gasteiger partial charge >= 0.3 is 5.97 Å². The first kappa shape index (κ1) is 14.1. The summed E-state index contributed by atoms with van der Waals surface area (Å²) in [5.41, 5.74) is 0.656. The van der Waals surface area contributed by atoms with Crippen LogP contribution in [-0.2, 0) is 9.53 Å². The summed E-state index contributed by atoms with van der Waals surface area (Å²) in [6.07, 6.45) is 0. The summed E-state index contributed by atoms with van der Waals surface area (Å²) >= 11 is 0. The number of benzene rings is 1. The Kier molecular flexibility index (Phi) is 4.40. The standard InChI is InChI=1S/C15H17NO4/c1-3-16(10-14(17)19-4-2)15(18)13-9-11-7-5-6-8-12(11)20-13/h5-9H,3-4,10H2,1-2H3. The average Bonchev–Trinajstić information content (AvgIpc) is 2.88. The minimum Gasteiger partial charge on any atom is -0.465 e. The van der Waals surface area contributed by atoms with Crippen LogP contribution in [0, 0.1) is 0 Å². The van der Waals surface area contributed by atoms with Crippen LogP contribution in [0.25, 0.3) is 11.0 Å². The maximum absolute atomic E-state index is 12.3. The first-order chi connectivity index (χ1) is 9.65. The second-order valence-corrected chi connectivity index (χ2v) is 4.27. The van der Waals surface area contributed by atoms with E-state index in [0.717, 1.165) is 5.39 Å². The molecule has 0 aliphatic heterocycles. The predicted molar refractivity (Wildman–Crippen MR) is 74.4 cm³/mol. The average molecular weight is 275 g/mol. The Hall–Kier alpha value is -2.30. The molecule has 0 fully saturated rings. The van der Waals surface area contributed by atoms with Gasteiger partial charge in [-0.25, -0.2) is 0 Å². The molecule has 20 heavy (non-hydrogen) atoms. The van der Waals surface area contributed by atoms with Crippen LogP contribution in [0.5, 0.6) is 0 Å². The Bertz CT molecular complexity index is 584. The highest BCUT2D eigenvalue weighted by Gasteiger charge is 2.21. The number of fused-ring (bicyclic) bond motifs is 1. The fourth-order valence-corrected chi connectivity index (χ4v) is 1.93. The van der Waals surface area contributed by atoms with Gasteiger partial charge in [0, 0.05) is 11.9 Å². The largest absolute Gasteiger partial charge is 0.465 e. The maximum Gasteiger partial charge on any atom is 0.325 e. The van der Waals surface area contributed by atoms with E-state index in [4.69, 9.17) is 9.15 Å². The van der Waals surface area contributed by atoms with Gasteiger partial charge < -0.3 is 14.1 Å². The first-order valence-corrected chi connectivity index (χ1v) is 6.59. The highest BCUT2D eigenvalue weighted by Crippen LogP contribution is 2.20. The van der Waals surface area contributed by atoms with Crippen molar-refractivity contribution in [1.29, 1.82) is 0 Å². The van der Waals surface area contributed by atoms with Crippen LogP contribution < -0.4 is 0 Å². The van der Waals surface area contributed by atoms with Crippen LogP contribution in [0.3, 0.4) is 0 Å². The summed E-state index contributed by atoms with van der Waals surface area (Å²) in [7, 11) is 0. The number of amides is 1. The van der Waals surface area contributed by atoms with E-state index >= 15 is 0 Å². The summed E-state index contributed by atoms with van der Waals surface area (Å²) < 4.78 is 10.4. The van der Waals surface area contributed by atoms with Crippen molar-refractivity contribution in [3.63, 3.8) is 0 Å². The molecule has 2 aromatic rings. The van der Waals surface area contributed by atoms with Crippen LogP contribution in [0.4, 0.5) is 0 Å². The minimum atomic E-state index is -0.418. The van der Waals surface area contributed by atoms with E-state index in [9.17, 15) is 9.59 Å². The summed E-state index contributed by atoms with van der Waals surface area (Å²) in [5.74, 6) is -0.493. The highest BCUT2D eigenvalue weighted by molar-refractivity contribution is 5.97. The molecule has 0 aliphatic carbocycles. The molecule has 5 nitrogen and oxygen atoms in total. The van der Waals surface area contributed by atoms with Crippen LogP contribution in [-0.4, -0.2) is 36.5 Å². The number of carbonyl (C=O) groups is 2. The van der Waals surface area contributed by atoms with Crippen molar-refractivity contribution in [2.75, 3.05) is 19.7 Å². The van der Waals surface area contributed by atoms with Crippen LogP contribution in [0.1, 0.15) is 24.4 Å². The van der Waals surface area contributed by atoms with E-state index < -0.39 is 5.97 Å². The Labute approximate surface area is 117 Å². The fraction of sp³-hybridized carbons (Fsp3) is 0.333. The van der Waals surface area contributed by atoms with E-state index in [2.05, 4.69) is 0 Å². The maximum atomic E-state index is 12.3. The lowest BCUT2D eigenvalue weighted by atomic mass is 10.2. The molecule has 1 aromatic carbocycles. The lowest BCUT2D eigenvalue weighted by molar-refractivity contribution is -0.143. The van der Waals surface area contributed by atoms with E-state index in [1.54, 1.807) is 26.0 Å². The zero-order chi connectivity index (χ0) is 14.5. The molecule has 5 heteroatoms. The third-order valence-electron chi connectivity index (χ3n) is 2.93. The molecular weight excluding hydrogens is 258 g/mol. The monoisotopic (exact) mass is 275 g/mol. The second-order valence-electron chi connectivity index (χ2n) is 4.27. The summed E-state index contributed by atoms with van der Waals surface area (Å²) in [4.78, 5) is 25.2. The van der Waals surface area contributed by atoms with E-state index in [1.165, 1.54) is 4.90 Å². The number of esters is 1. The minimum absolute atomic E-state index is 0.0692. The molecule has 1 amide bonds. The smallest absolute Gasteiger partial charge is 0.325 e. The molecule has 1 heterocycles. The van der Waals surface area contributed by atoms with E-state index in [0.29, 0.717) is 18.7 Å². The number of rotatable bonds is 5. The lowest BCUT2D eigenvalue weighted by Crippen LogP contribution is -2.36. The Morgan fingerprint density at radius 1 is 1.25 bits per heavy atom. The highest BCUT2D eigenvalue weighted by atomic mass is 16.5. The van der Waals surface area contributed by atoms with Gasteiger partial charge in [-0.05, 0) is 26.0 Å². The number of hydrogen-bond acceptors (Lipinski definition) is 4. The quantitative estimate of drug-likeness (QED) is 0.786. The molecule has 0 saturated carbocycles. The van der Waals surface area contributed by atoms with Crippen LogP contribution in [0.2, 0.25) is 0 Å². The molecule has 0 bridgehead atoms. The van der Waals surface area contributed by atoms with Gasteiger partial charge in [0.1, 0.15) is 12.1 Å². The van der Waals surface area contributed by atoms with Gasteiger partial charge in [0.2, 0.25) is 0 Å². The second kappa shape index (κ2) is 6.23. The Morgan fingerprint density at radius 2 is 2.00 bits per heavy atom. The van der Waals surface area contributed by atoms with Crippen LogP contribution >= 0.6 is 0 Å². The molecule has 0 aliphatic rings. The molecule has 1 aromatic heterocycles. The third kappa shape index (κ3) is 2.99. The van der Waals surface area contributed by atoms with Gasteiger partial charge in [0.25, 0.3) is 5.91 Å². The van der Waals surface area contributed by atoms with Gasteiger partial charge in [-0.15, -0.1) is 0 Å². The first-order valence-electron chi connectivity index (χ1n) is 6.59. The van der Waals surface area contributed by atoms with Crippen molar-refractivity contribution >= 4 is 22.8 Å². The number of furan rings is 1. The van der Waals surface area contributed by atoms with E-state index in [1.807, 2.05) is 18.2 Å². The summed E-state index contributed by atoms with van der Waals surface area (Å²) in [6.45, 7) is 4.18.